The topological polar surface area (TPSA) is 0 Å². The van der Waals surface area contributed by atoms with Gasteiger partial charge in [-0.1, -0.05) is 26.7 Å². The predicted molar refractivity (Wildman–Crippen MR) is 26.3 cm³/mol. The van der Waals surface area contributed by atoms with Crippen LogP contribution < -0.4 is 24.8 Å². The van der Waals surface area contributed by atoms with Crippen molar-refractivity contribution < 1.29 is 24.8 Å². The molecule has 0 aromatic carbocycles. The molecule has 0 atom stereocenters. The number of halogens is 2. The molecule has 0 saturated heterocycles. The van der Waals surface area contributed by atoms with Crippen molar-refractivity contribution in [1.82, 2.24) is 0 Å². The van der Waals surface area contributed by atoms with E-state index in [0.29, 0.717) is 0 Å². The molecule has 0 nitrogen and oxygen atoms in total. The zero-order valence-corrected chi connectivity index (χ0v) is 7.80. The van der Waals surface area contributed by atoms with Crippen LogP contribution in [0.5, 0.6) is 0 Å². The van der Waals surface area contributed by atoms with Crippen LogP contribution in [0.25, 0.3) is 0 Å². The smallest absolute Gasteiger partial charge is 1.00 e. The van der Waals surface area contributed by atoms with E-state index < -0.39 is 0 Å². The molecule has 0 rings (SSSR count). The largest absolute Gasteiger partial charge is 2.00 e. The normalized spacial score (nSPS) is 4.29. The van der Waals surface area contributed by atoms with E-state index in [0.717, 1.165) is 0 Å². The van der Waals surface area contributed by atoms with Gasteiger partial charge >= 0.3 is 23.1 Å². The molecule has 0 spiro atoms. The van der Waals surface area contributed by atoms with Crippen molar-refractivity contribution in [3.63, 3.8) is 0 Å². The van der Waals surface area contributed by atoms with E-state index in [1.807, 2.05) is 0 Å². The number of hydrogen-bond acceptors (Lipinski definition) is 0. The van der Waals surface area contributed by atoms with Gasteiger partial charge in [-0.15, -0.1) is 0 Å². The predicted octanol–water partition coefficient (Wildman–Crippen LogP) is -4.57. The summed E-state index contributed by atoms with van der Waals surface area (Å²) in [6.45, 7) is 4.36. The Morgan fingerprint density at radius 1 is 0.857 bits per heavy atom. The Hall–Kier alpha value is 1.35. The molecule has 0 aromatic rings. The first-order chi connectivity index (χ1) is 1.91. The van der Waals surface area contributed by atoms with Crippen LogP contribution in [-0.4, -0.2) is 23.1 Å². The summed E-state index contributed by atoms with van der Waals surface area (Å²) < 4.78 is 0. The van der Waals surface area contributed by atoms with Crippen molar-refractivity contribution in [3.05, 3.63) is 0 Å². The van der Waals surface area contributed by atoms with Crippen LogP contribution in [0.15, 0.2) is 0 Å². The van der Waals surface area contributed by atoms with Crippen molar-refractivity contribution in [2.24, 2.45) is 0 Å². The van der Waals surface area contributed by atoms with E-state index in [2.05, 4.69) is 13.8 Å². The van der Waals surface area contributed by atoms with Gasteiger partial charge in [0, 0.05) is 0 Å². The Labute approximate surface area is 74.4 Å². The van der Waals surface area contributed by atoms with Gasteiger partial charge in [-0.2, -0.15) is 0 Å². The molecule has 0 N–H and O–H groups in total. The molecule has 3 heteroatoms. The Bertz CT molecular complexity index is 11.7. The van der Waals surface area contributed by atoms with Crippen LogP contribution >= 0.6 is 0 Å². The van der Waals surface area contributed by atoms with Gasteiger partial charge in [-0.3, -0.25) is 0 Å². The zero-order chi connectivity index (χ0) is 3.41. The first-order valence-corrected chi connectivity index (χ1v) is 1.91. The molecule has 0 fully saturated rings. The van der Waals surface area contributed by atoms with Crippen LogP contribution in [0.3, 0.4) is 0 Å². The molecule has 42 valence electrons. The Kier molecular flexibility index (Phi) is 90.0. The third-order valence-corrected chi connectivity index (χ3v) is 0.500. The van der Waals surface area contributed by atoms with Gasteiger partial charge < -0.3 is 24.8 Å². The van der Waals surface area contributed by atoms with Gasteiger partial charge in [0.25, 0.3) is 0 Å². The first-order valence-electron chi connectivity index (χ1n) is 1.91. The molecule has 0 amide bonds. The molecule has 0 heterocycles. The summed E-state index contributed by atoms with van der Waals surface area (Å²) in [5.41, 5.74) is 0. The Morgan fingerprint density at radius 2 is 1.00 bits per heavy atom. The summed E-state index contributed by atoms with van der Waals surface area (Å²) in [4.78, 5) is 0. The van der Waals surface area contributed by atoms with Crippen LogP contribution in [0.1, 0.15) is 26.7 Å². The second kappa shape index (κ2) is 26.4. The third kappa shape index (κ3) is 38.1. The maximum Gasteiger partial charge on any atom is 2.00 e. The van der Waals surface area contributed by atoms with Crippen molar-refractivity contribution in [2.75, 3.05) is 0 Å². The van der Waals surface area contributed by atoms with E-state index in [1.165, 1.54) is 12.8 Å². The fraction of sp³-hybridized carbons (Fsp3) is 1.00. The molecule has 0 aromatic heterocycles. The summed E-state index contributed by atoms with van der Waals surface area (Å²) in [7, 11) is 0. The molecule has 0 bridgehead atoms. The second-order valence-corrected chi connectivity index (χ2v) is 1.000. The molecular weight excluding hydrogens is 143 g/mol. The van der Waals surface area contributed by atoms with Crippen LogP contribution in [-0.2, 0) is 0 Å². The molecule has 0 radical (unpaired) electrons. The van der Waals surface area contributed by atoms with Gasteiger partial charge in [-0.05, 0) is 0 Å². The molecule has 0 aliphatic carbocycles. The summed E-state index contributed by atoms with van der Waals surface area (Å²) in [5, 5.41) is 0. The number of hydrogen-bond donors (Lipinski definition) is 0. The number of unbranched alkanes of at least 4 members (excludes halogenated alkanes) is 1. The van der Waals surface area contributed by atoms with Gasteiger partial charge in [-0.25, -0.2) is 0 Å². The summed E-state index contributed by atoms with van der Waals surface area (Å²) in [6, 6.07) is 0. The minimum atomic E-state index is 0. The van der Waals surface area contributed by atoms with Crippen LogP contribution in [0.2, 0.25) is 0 Å². The van der Waals surface area contributed by atoms with Crippen LogP contribution in [0, 0.1) is 0 Å². The maximum absolute atomic E-state index is 2.18. The summed E-state index contributed by atoms with van der Waals surface area (Å²) >= 11 is 0. The quantitative estimate of drug-likeness (QED) is 0.333. The van der Waals surface area contributed by atoms with E-state index >= 15 is 0 Å². The summed E-state index contributed by atoms with van der Waals surface area (Å²) in [6.07, 6.45) is 2.64. The van der Waals surface area contributed by atoms with Crippen LogP contribution in [0.4, 0.5) is 0 Å². The van der Waals surface area contributed by atoms with E-state index in [9.17, 15) is 0 Å². The van der Waals surface area contributed by atoms with Crippen molar-refractivity contribution in [3.8, 4) is 0 Å². The third-order valence-electron chi connectivity index (χ3n) is 0.500. The average Bonchev–Trinajstić information content (AvgIpc) is 1.37. The van der Waals surface area contributed by atoms with Gasteiger partial charge in [0.05, 0.1) is 0 Å². The minimum absolute atomic E-state index is 0. The van der Waals surface area contributed by atoms with Crippen molar-refractivity contribution in [1.29, 1.82) is 0 Å². The van der Waals surface area contributed by atoms with Gasteiger partial charge in [0.1, 0.15) is 0 Å². The fourth-order valence-electron chi connectivity index (χ4n) is 0. The monoisotopic (exact) mass is 152 g/mol. The van der Waals surface area contributed by atoms with Gasteiger partial charge in [0.15, 0.2) is 0 Å². The van der Waals surface area contributed by atoms with Gasteiger partial charge in [0.2, 0.25) is 0 Å². The Balaban J connectivity index is -0.0000000150. The maximum atomic E-state index is 2.18. The standard InChI is InChI=1S/C4H10.2ClH.Mg/c1-3-4-2;;;/h3-4H2,1-2H3;2*1H;/q;;;+2/p-2. The van der Waals surface area contributed by atoms with E-state index in [1.54, 1.807) is 0 Å². The first kappa shape index (κ1) is 23.8. The molecule has 0 aliphatic heterocycles. The fourth-order valence-corrected chi connectivity index (χ4v) is 0. The average molecular weight is 153 g/mol. The molecule has 0 saturated carbocycles. The Morgan fingerprint density at radius 3 is 1.00 bits per heavy atom. The van der Waals surface area contributed by atoms with Crippen molar-refractivity contribution in [2.45, 2.75) is 26.7 Å². The molecular formula is C4H10Cl2Mg. The summed E-state index contributed by atoms with van der Waals surface area (Å²) in [5.74, 6) is 0. The SMILES string of the molecule is CCCC.[Cl-].[Cl-].[Mg+2]. The molecule has 0 aliphatic rings. The van der Waals surface area contributed by atoms with E-state index in [-0.39, 0.29) is 47.9 Å². The second-order valence-electron chi connectivity index (χ2n) is 1.000. The zero-order valence-electron chi connectivity index (χ0n) is 4.88. The van der Waals surface area contributed by atoms with Crippen molar-refractivity contribution >= 4 is 23.1 Å². The molecule has 7 heavy (non-hydrogen) atoms. The van der Waals surface area contributed by atoms with E-state index in [4.69, 9.17) is 0 Å². The molecule has 0 unspecified atom stereocenters. The number of rotatable bonds is 1. The minimum Gasteiger partial charge on any atom is -1.00 e.